The average Bonchev–Trinajstić information content (AvgIpc) is 2.79. The van der Waals surface area contributed by atoms with Gasteiger partial charge in [-0.3, -0.25) is 4.79 Å². The van der Waals surface area contributed by atoms with E-state index in [4.69, 9.17) is 27.9 Å². The van der Waals surface area contributed by atoms with Crippen molar-refractivity contribution in [1.29, 1.82) is 0 Å². The first kappa shape index (κ1) is 18.1. The minimum absolute atomic E-state index is 0.0161. The smallest absolute Gasteiger partial charge is 0.341 e. The lowest BCUT2D eigenvalue weighted by atomic mass is 10.3. The highest BCUT2D eigenvalue weighted by atomic mass is 79.9. The maximum atomic E-state index is 13.6. The zero-order chi connectivity index (χ0) is 17.1. The van der Waals surface area contributed by atoms with Crippen molar-refractivity contribution in [3.05, 3.63) is 48.5 Å². The zero-order valence-electron chi connectivity index (χ0n) is 11.0. The van der Waals surface area contributed by atoms with Crippen molar-refractivity contribution in [3.63, 3.8) is 0 Å². The van der Waals surface area contributed by atoms with Gasteiger partial charge in [0.05, 0.1) is 15.6 Å². The van der Waals surface area contributed by atoms with Crippen molar-refractivity contribution in [2.75, 3.05) is 11.9 Å². The molecule has 2 aromatic rings. The molecule has 0 radical (unpaired) electrons. The Hall–Kier alpha value is -1.22. The third-order valence-electron chi connectivity index (χ3n) is 2.48. The molecule has 0 unspecified atom stereocenters. The summed E-state index contributed by atoms with van der Waals surface area (Å²) in [6, 6.07) is 2.91. The van der Waals surface area contributed by atoms with E-state index >= 15 is 0 Å². The van der Waals surface area contributed by atoms with Gasteiger partial charge in [0.25, 0.3) is 5.91 Å². The molecule has 0 aliphatic carbocycles. The van der Waals surface area contributed by atoms with Crippen LogP contribution in [0.3, 0.4) is 0 Å². The van der Waals surface area contributed by atoms with Crippen molar-refractivity contribution in [2.45, 2.75) is 0 Å². The van der Waals surface area contributed by atoms with Crippen LogP contribution in [0.25, 0.3) is 0 Å². The first-order valence-electron chi connectivity index (χ1n) is 5.84. The van der Waals surface area contributed by atoms with Gasteiger partial charge in [-0.25, -0.2) is 13.6 Å². The molecule has 0 aliphatic heterocycles. The molecule has 0 aliphatic rings. The number of benzene rings is 1. The number of carbonyl (C=O) groups excluding carboxylic acids is 2. The van der Waals surface area contributed by atoms with Crippen LogP contribution in [0.5, 0.6) is 0 Å². The Labute approximate surface area is 151 Å². The topological polar surface area (TPSA) is 55.4 Å². The normalized spacial score (nSPS) is 10.5. The number of anilines is 1. The molecule has 0 bridgehead atoms. The fourth-order valence-electron chi connectivity index (χ4n) is 1.53. The van der Waals surface area contributed by atoms with Crippen LogP contribution in [0.15, 0.2) is 22.7 Å². The summed E-state index contributed by atoms with van der Waals surface area (Å²) in [4.78, 5) is 23.4. The molecule has 0 fully saturated rings. The molecule has 4 nitrogen and oxygen atoms in total. The van der Waals surface area contributed by atoms with Crippen LogP contribution in [-0.2, 0) is 9.53 Å². The van der Waals surface area contributed by atoms with Gasteiger partial charge in [0, 0.05) is 10.5 Å². The Morgan fingerprint density at radius 1 is 1.26 bits per heavy atom. The molecule has 0 atom stereocenters. The van der Waals surface area contributed by atoms with Gasteiger partial charge in [-0.15, -0.1) is 11.3 Å². The Morgan fingerprint density at radius 3 is 2.52 bits per heavy atom. The molecular formula is C13H6BrCl2F2NO3S. The lowest BCUT2D eigenvalue weighted by Crippen LogP contribution is -2.21. The Kier molecular flexibility index (Phi) is 5.96. The van der Waals surface area contributed by atoms with Crippen LogP contribution in [0.1, 0.15) is 10.4 Å². The lowest BCUT2D eigenvalue weighted by Gasteiger charge is -2.09. The van der Waals surface area contributed by atoms with Gasteiger partial charge in [0.2, 0.25) is 0 Å². The minimum atomic E-state index is -0.968. The lowest BCUT2D eigenvalue weighted by molar-refractivity contribution is -0.119. The minimum Gasteiger partial charge on any atom is -0.452 e. The zero-order valence-corrected chi connectivity index (χ0v) is 14.9. The summed E-state index contributed by atoms with van der Waals surface area (Å²) in [6.45, 7) is -0.675. The number of halogens is 5. The molecule has 10 heteroatoms. The standard InChI is InChI=1S/C13H6BrCl2F2NO3S/c14-7-1-5(17)2-8(18)11(7)19-10(20)4-22-13(21)6-3-9(15)23-12(6)16/h1-3H,4H2,(H,19,20). The summed E-state index contributed by atoms with van der Waals surface area (Å²) < 4.78 is 31.7. The molecule has 0 saturated heterocycles. The molecule has 1 N–H and O–H groups in total. The number of nitrogens with one attached hydrogen (secondary N) is 1. The maximum Gasteiger partial charge on any atom is 0.341 e. The number of esters is 1. The molecule has 122 valence electrons. The highest BCUT2D eigenvalue weighted by molar-refractivity contribution is 9.10. The van der Waals surface area contributed by atoms with E-state index in [2.05, 4.69) is 21.2 Å². The van der Waals surface area contributed by atoms with Gasteiger partial charge in [-0.2, -0.15) is 0 Å². The summed E-state index contributed by atoms with van der Waals surface area (Å²) in [6.07, 6.45) is 0. The van der Waals surface area contributed by atoms with E-state index in [1.807, 2.05) is 0 Å². The first-order valence-corrected chi connectivity index (χ1v) is 8.21. The SMILES string of the molecule is O=C(COC(=O)c1cc(Cl)sc1Cl)Nc1c(F)cc(F)cc1Br. The van der Waals surface area contributed by atoms with Crippen LogP contribution in [0, 0.1) is 11.6 Å². The molecule has 1 heterocycles. The third kappa shape index (κ3) is 4.63. The number of hydrogen-bond donors (Lipinski definition) is 1. The van der Waals surface area contributed by atoms with E-state index in [1.54, 1.807) is 0 Å². The third-order valence-corrected chi connectivity index (χ3v) is 4.60. The molecule has 0 saturated carbocycles. The molecule has 1 aromatic carbocycles. The van der Waals surface area contributed by atoms with E-state index < -0.39 is 30.1 Å². The Balaban J connectivity index is 1.98. The Morgan fingerprint density at radius 2 is 1.96 bits per heavy atom. The van der Waals surface area contributed by atoms with Crippen LogP contribution in [-0.4, -0.2) is 18.5 Å². The van der Waals surface area contributed by atoms with Crippen molar-refractivity contribution in [3.8, 4) is 0 Å². The summed E-state index contributed by atoms with van der Waals surface area (Å²) in [5.41, 5.74) is -0.229. The highest BCUT2D eigenvalue weighted by Crippen LogP contribution is 2.31. The number of rotatable bonds is 4. The summed E-state index contributed by atoms with van der Waals surface area (Å²) in [7, 11) is 0. The number of ether oxygens (including phenoxy) is 1. The monoisotopic (exact) mass is 443 g/mol. The van der Waals surface area contributed by atoms with E-state index in [-0.39, 0.29) is 20.1 Å². The number of hydrogen-bond acceptors (Lipinski definition) is 4. The quantitative estimate of drug-likeness (QED) is 0.683. The Bertz CT molecular complexity index is 762. The van der Waals surface area contributed by atoms with Gasteiger partial charge in [-0.05, 0) is 28.1 Å². The molecule has 0 spiro atoms. The molecule has 23 heavy (non-hydrogen) atoms. The van der Waals surface area contributed by atoms with Gasteiger partial charge in [0.1, 0.15) is 10.2 Å². The molecular weight excluding hydrogens is 439 g/mol. The van der Waals surface area contributed by atoms with Crippen molar-refractivity contribution >= 4 is 68.0 Å². The summed E-state index contributed by atoms with van der Waals surface area (Å²) >= 11 is 15.4. The first-order chi connectivity index (χ1) is 10.8. The number of thiophene rings is 1. The van der Waals surface area contributed by atoms with E-state index in [9.17, 15) is 18.4 Å². The fourth-order valence-corrected chi connectivity index (χ4v) is 3.47. The van der Waals surface area contributed by atoms with E-state index in [0.717, 1.165) is 17.4 Å². The van der Waals surface area contributed by atoms with Crippen molar-refractivity contribution in [2.24, 2.45) is 0 Å². The molecule has 1 aromatic heterocycles. The van der Waals surface area contributed by atoms with Gasteiger partial charge in [0.15, 0.2) is 12.4 Å². The fraction of sp³-hybridized carbons (Fsp3) is 0.0769. The molecule has 2 rings (SSSR count). The predicted octanol–water partition coefficient (Wildman–Crippen LogP) is 4.89. The predicted molar refractivity (Wildman–Crippen MR) is 87.3 cm³/mol. The average molecular weight is 445 g/mol. The van der Waals surface area contributed by atoms with Gasteiger partial charge < -0.3 is 10.1 Å². The van der Waals surface area contributed by atoms with Crippen LogP contribution < -0.4 is 5.32 Å². The second-order valence-corrected chi connectivity index (χ2v) is 7.25. The van der Waals surface area contributed by atoms with Crippen molar-refractivity contribution in [1.82, 2.24) is 0 Å². The summed E-state index contributed by atoms with van der Waals surface area (Å²) in [5.74, 6) is -3.42. The van der Waals surface area contributed by atoms with Gasteiger partial charge >= 0.3 is 5.97 Å². The van der Waals surface area contributed by atoms with Gasteiger partial charge in [-0.1, -0.05) is 23.2 Å². The second-order valence-electron chi connectivity index (χ2n) is 4.11. The van der Waals surface area contributed by atoms with E-state index in [0.29, 0.717) is 10.4 Å². The van der Waals surface area contributed by atoms with Crippen molar-refractivity contribution < 1.29 is 23.1 Å². The summed E-state index contributed by atoms with van der Waals surface area (Å²) in [5, 5.41) is 2.17. The van der Waals surface area contributed by atoms with Crippen LogP contribution >= 0.6 is 50.5 Å². The van der Waals surface area contributed by atoms with E-state index in [1.165, 1.54) is 6.07 Å². The highest BCUT2D eigenvalue weighted by Gasteiger charge is 2.18. The molecule has 1 amide bonds. The largest absolute Gasteiger partial charge is 0.452 e. The van der Waals surface area contributed by atoms with Crippen LogP contribution in [0.2, 0.25) is 8.67 Å². The number of carbonyl (C=O) groups is 2. The van der Waals surface area contributed by atoms with Crippen LogP contribution in [0.4, 0.5) is 14.5 Å². The second kappa shape index (κ2) is 7.57. The number of amides is 1. The maximum absolute atomic E-state index is 13.6.